The van der Waals surface area contributed by atoms with Gasteiger partial charge in [0.15, 0.2) is 0 Å². The van der Waals surface area contributed by atoms with Gasteiger partial charge in [0.2, 0.25) is 15.9 Å². The van der Waals surface area contributed by atoms with Gasteiger partial charge in [-0.15, -0.1) is 0 Å². The Bertz CT molecular complexity index is 844. The van der Waals surface area contributed by atoms with Crippen LogP contribution < -0.4 is 9.62 Å². The van der Waals surface area contributed by atoms with E-state index >= 15 is 0 Å². The minimum atomic E-state index is -3.58. The molecule has 1 amide bonds. The van der Waals surface area contributed by atoms with Crippen LogP contribution in [0.1, 0.15) is 29.5 Å². The van der Waals surface area contributed by atoms with Gasteiger partial charge >= 0.3 is 0 Å². The van der Waals surface area contributed by atoms with E-state index in [-0.39, 0.29) is 18.4 Å². The molecule has 0 radical (unpaired) electrons. The lowest BCUT2D eigenvalue weighted by Crippen LogP contribution is -2.41. The Kier molecular flexibility index (Phi) is 6.42. The Balaban J connectivity index is 2.11. The Hall–Kier alpha value is -2.34. The van der Waals surface area contributed by atoms with E-state index in [1.54, 1.807) is 0 Å². The number of carbonyl (C=O) groups excluding carboxylic acids is 1. The molecule has 0 aliphatic rings. The van der Waals surface area contributed by atoms with E-state index < -0.39 is 10.0 Å². The standard InChI is InChI=1S/C20H26N2O3S/c1-15-9-8-10-16(2)20(15)22(26(4,24)25)14-19(23)21-13-17(3)18-11-6-5-7-12-18/h5-12,17H,13-14H2,1-4H3,(H,21,23)/t17-/m1/s1. The Morgan fingerprint density at radius 2 is 1.62 bits per heavy atom. The number of carbonyl (C=O) groups is 1. The van der Waals surface area contributed by atoms with Crippen LogP contribution in [0, 0.1) is 13.8 Å². The number of benzene rings is 2. The first-order valence-electron chi connectivity index (χ1n) is 8.55. The van der Waals surface area contributed by atoms with Crippen molar-refractivity contribution in [1.82, 2.24) is 5.32 Å². The molecule has 26 heavy (non-hydrogen) atoms. The summed E-state index contributed by atoms with van der Waals surface area (Å²) in [7, 11) is -3.58. The Labute approximate surface area is 156 Å². The van der Waals surface area contributed by atoms with Gasteiger partial charge < -0.3 is 5.32 Å². The van der Waals surface area contributed by atoms with E-state index in [1.165, 1.54) is 4.31 Å². The number of aryl methyl sites for hydroxylation is 2. The number of para-hydroxylation sites is 1. The molecule has 0 aliphatic carbocycles. The first-order valence-corrected chi connectivity index (χ1v) is 10.4. The third-order valence-corrected chi connectivity index (χ3v) is 5.46. The van der Waals surface area contributed by atoms with Crippen molar-refractivity contribution in [2.75, 3.05) is 23.7 Å². The molecule has 5 nitrogen and oxygen atoms in total. The summed E-state index contributed by atoms with van der Waals surface area (Å²) in [6.07, 6.45) is 1.12. The summed E-state index contributed by atoms with van der Waals surface area (Å²) in [4.78, 5) is 12.4. The van der Waals surface area contributed by atoms with Crippen LogP contribution in [0.3, 0.4) is 0 Å². The second-order valence-electron chi connectivity index (χ2n) is 6.63. The van der Waals surface area contributed by atoms with Gasteiger partial charge in [0.05, 0.1) is 11.9 Å². The van der Waals surface area contributed by atoms with Crippen molar-refractivity contribution in [2.24, 2.45) is 0 Å². The molecule has 0 aliphatic heterocycles. The van der Waals surface area contributed by atoms with Crippen LogP contribution in [0.25, 0.3) is 0 Å². The fraction of sp³-hybridized carbons (Fsp3) is 0.350. The number of rotatable bonds is 7. The van der Waals surface area contributed by atoms with Gasteiger partial charge in [-0.05, 0) is 36.5 Å². The van der Waals surface area contributed by atoms with Gasteiger partial charge in [-0.2, -0.15) is 0 Å². The van der Waals surface area contributed by atoms with Gasteiger partial charge in [-0.1, -0.05) is 55.5 Å². The average Bonchev–Trinajstić information content (AvgIpc) is 2.58. The van der Waals surface area contributed by atoms with Crippen LogP contribution >= 0.6 is 0 Å². The van der Waals surface area contributed by atoms with Crippen molar-refractivity contribution < 1.29 is 13.2 Å². The summed E-state index contributed by atoms with van der Waals surface area (Å²) in [6, 6.07) is 15.4. The number of amides is 1. The maximum atomic E-state index is 12.4. The van der Waals surface area contributed by atoms with Gasteiger partial charge in [-0.3, -0.25) is 9.10 Å². The van der Waals surface area contributed by atoms with Crippen molar-refractivity contribution in [2.45, 2.75) is 26.7 Å². The summed E-state index contributed by atoms with van der Waals surface area (Å²) >= 11 is 0. The fourth-order valence-electron chi connectivity index (χ4n) is 2.91. The lowest BCUT2D eigenvalue weighted by molar-refractivity contribution is -0.119. The molecule has 0 fully saturated rings. The van der Waals surface area contributed by atoms with Gasteiger partial charge in [0, 0.05) is 6.54 Å². The van der Waals surface area contributed by atoms with Crippen molar-refractivity contribution in [3.8, 4) is 0 Å². The Morgan fingerprint density at radius 1 is 1.04 bits per heavy atom. The van der Waals surface area contributed by atoms with Crippen LogP contribution in [-0.2, 0) is 14.8 Å². The first-order chi connectivity index (χ1) is 12.2. The van der Waals surface area contributed by atoms with Gasteiger partial charge in [-0.25, -0.2) is 8.42 Å². The highest BCUT2D eigenvalue weighted by Gasteiger charge is 2.24. The third-order valence-electron chi connectivity index (χ3n) is 4.35. The summed E-state index contributed by atoms with van der Waals surface area (Å²) in [6.45, 7) is 5.93. The van der Waals surface area contributed by atoms with E-state index in [9.17, 15) is 13.2 Å². The minimum Gasteiger partial charge on any atom is -0.354 e. The molecule has 1 N–H and O–H groups in total. The van der Waals surface area contributed by atoms with Crippen LogP contribution in [0.15, 0.2) is 48.5 Å². The third kappa shape index (κ3) is 5.08. The summed E-state index contributed by atoms with van der Waals surface area (Å²) in [5.41, 5.74) is 3.34. The van der Waals surface area contributed by atoms with Crippen molar-refractivity contribution in [3.63, 3.8) is 0 Å². The van der Waals surface area contributed by atoms with Crippen LogP contribution in [0.2, 0.25) is 0 Å². The summed E-state index contributed by atoms with van der Waals surface area (Å²) < 4.78 is 25.7. The number of hydrogen-bond acceptors (Lipinski definition) is 3. The molecule has 0 aromatic heterocycles. The van der Waals surface area contributed by atoms with Crippen molar-refractivity contribution in [1.29, 1.82) is 0 Å². The first kappa shape index (κ1) is 20.0. The topological polar surface area (TPSA) is 66.5 Å². The van der Waals surface area contributed by atoms with Crippen molar-refractivity contribution in [3.05, 3.63) is 65.2 Å². The number of hydrogen-bond donors (Lipinski definition) is 1. The highest BCUT2D eigenvalue weighted by atomic mass is 32.2. The minimum absolute atomic E-state index is 0.145. The molecular formula is C20H26N2O3S. The van der Waals surface area contributed by atoms with Gasteiger partial charge in [0.25, 0.3) is 0 Å². The highest BCUT2D eigenvalue weighted by Crippen LogP contribution is 2.26. The fourth-order valence-corrected chi connectivity index (χ4v) is 3.89. The predicted molar refractivity (Wildman–Crippen MR) is 106 cm³/mol. The summed E-state index contributed by atoms with van der Waals surface area (Å²) in [5, 5.41) is 2.85. The van der Waals surface area contributed by atoms with E-state index in [4.69, 9.17) is 0 Å². The van der Waals surface area contributed by atoms with Crippen molar-refractivity contribution >= 4 is 21.6 Å². The number of nitrogens with zero attached hydrogens (tertiary/aromatic N) is 1. The molecular weight excluding hydrogens is 348 g/mol. The monoisotopic (exact) mass is 374 g/mol. The molecule has 0 spiro atoms. The largest absolute Gasteiger partial charge is 0.354 e. The molecule has 0 saturated carbocycles. The number of anilines is 1. The van der Waals surface area contributed by atoms with E-state index in [1.807, 2.05) is 69.3 Å². The van der Waals surface area contributed by atoms with Crippen LogP contribution in [0.5, 0.6) is 0 Å². The van der Waals surface area contributed by atoms with Crippen LogP contribution in [0.4, 0.5) is 5.69 Å². The maximum Gasteiger partial charge on any atom is 0.240 e. The number of nitrogens with one attached hydrogen (secondary N) is 1. The quantitative estimate of drug-likeness (QED) is 0.810. The lowest BCUT2D eigenvalue weighted by Gasteiger charge is -2.25. The molecule has 2 aromatic rings. The molecule has 0 saturated heterocycles. The highest BCUT2D eigenvalue weighted by molar-refractivity contribution is 7.92. The zero-order valence-electron chi connectivity index (χ0n) is 15.7. The Morgan fingerprint density at radius 3 is 2.15 bits per heavy atom. The second kappa shape index (κ2) is 8.36. The maximum absolute atomic E-state index is 12.4. The zero-order chi connectivity index (χ0) is 19.3. The molecule has 0 bridgehead atoms. The van der Waals surface area contributed by atoms with E-state index in [2.05, 4.69) is 5.32 Å². The molecule has 6 heteroatoms. The van der Waals surface area contributed by atoms with Crippen LogP contribution in [-0.4, -0.2) is 33.7 Å². The molecule has 1 atom stereocenters. The molecule has 2 rings (SSSR count). The van der Waals surface area contributed by atoms with Gasteiger partial charge in [0.1, 0.15) is 6.54 Å². The molecule has 140 valence electrons. The normalized spacial score (nSPS) is 12.5. The molecule has 2 aromatic carbocycles. The predicted octanol–water partition coefficient (Wildman–Crippen LogP) is 2.99. The van der Waals surface area contributed by atoms with E-state index in [0.29, 0.717) is 12.2 Å². The SMILES string of the molecule is Cc1cccc(C)c1N(CC(=O)NC[C@@H](C)c1ccccc1)S(C)(=O)=O. The second-order valence-corrected chi connectivity index (χ2v) is 8.53. The molecule has 0 unspecified atom stereocenters. The van der Waals surface area contributed by atoms with E-state index in [0.717, 1.165) is 22.9 Å². The zero-order valence-corrected chi connectivity index (χ0v) is 16.5. The number of sulfonamides is 1. The smallest absolute Gasteiger partial charge is 0.240 e. The lowest BCUT2D eigenvalue weighted by atomic mass is 10.0. The average molecular weight is 375 g/mol. The molecule has 0 heterocycles. The summed E-state index contributed by atoms with van der Waals surface area (Å²) in [5.74, 6) is -0.173.